The van der Waals surface area contributed by atoms with Crippen molar-refractivity contribution in [2.24, 2.45) is 17.6 Å². The summed E-state index contributed by atoms with van der Waals surface area (Å²) in [7, 11) is 0. The van der Waals surface area contributed by atoms with Crippen molar-refractivity contribution in [2.75, 3.05) is 19.6 Å². The van der Waals surface area contributed by atoms with Crippen LogP contribution in [0.15, 0.2) is 0 Å². The molecule has 0 aromatic carbocycles. The second kappa shape index (κ2) is 2.69. The molecule has 0 aliphatic carbocycles. The number of hydrogen-bond donors (Lipinski definition) is 3. The number of hydrogen-bond acceptors (Lipinski definition) is 5. The average Bonchev–Trinajstić information content (AvgIpc) is 1.97. The topological polar surface area (TPSA) is 70.5 Å². The van der Waals surface area contributed by atoms with Crippen LogP contribution in [-0.4, -0.2) is 35.7 Å². The van der Waals surface area contributed by atoms with Gasteiger partial charge in [0.25, 0.3) is 0 Å². The van der Waals surface area contributed by atoms with Gasteiger partial charge in [0.1, 0.15) is 0 Å². The monoisotopic (exact) mass is 157 g/mol. The van der Waals surface area contributed by atoms with Gasteiger partial charge in [0.2, 0.25) is 0 Å². The maximum Gasteiger partial charge on any atom is 0.0439 e. The van der Waals surface area contributed by atoms with Crippen molar-refractivity contribution in [3.63, 3.8) is 0 Å². The zero-order valence-corrected chi connectivity index (χ0v) is 6.53. The summed E-state index contributed by atoms with van der Waals surface area (Å²) in [5.74, 6) is 11.8. The van der Waals surface area contributed by atoms with Crippen LogP contribution in [0.2, 0.25) is 0 Å². The van der Waals surface area contributed by atoms with Crippen molar-refractivity contribution in [1.29, 1.82) is 0 Å². The average molecular weight is 157 g/mol. The third-order valence-electron chi connectivity index (χ3n) is 2.75. The van der Waals surface area contributed by atoms with E-state index in [0.29, 0.717) is 6.04 Å². The van der Waals surface area contributed by atoms with Crippen LogP contribution in [0.1, 0.15) is 6.42 Å². The minimum absolute atomic E-state index is 0.541. The van der Waals surface area contributed by atoms with Crippen LogP contribution in [0.3, 0.4) is 0 Å². The minimum atomic E-state index is 0.541. The summed E-state index contributed by atoms with van der Waals surface area (Å²) in [5.41, 5.74) is 2.67. The molecule has 2 aliphatic heterocycles. The fraction of sp³-hybridized carbons (Fsp3) is 1.00. The predicted molar refractivity (Wildman–Crippen MR) is 41.7 cm³/mol. The third kappa shape index (κ3) is 1.15. The Labute approximate surface area is 66.2 Å². The second-order valence-corrected chi connectivity index (χ2v) is 3.39. The molecular formula is C6H15N5. The molecular weight excluding hydrogens is 142 g/mol. The molecule has 0 spiro atoms. The summed E-state index contributed by atoms with van der Waals surface area (Å²) < 4.78 is 0. The van der Waals surface area contributed by atoms with Crippen LogP contribution in [0.25, 0.3) is 0 Å². The zero-order valence-electron chi connectivity index (χ0n) is 6.53. The minimum Gasteiger partial charge on any atom is -0.269 e. The Morgan fingerprint density at radius 3 is 2.91 bits per heavy atom. The van der Waals surface area contributed by atoms with Crippen LogP contribution in [-0.2, 0) is 0 Å². The van der Waals surface area contributed by atoms with Crippen molar-refractivity contribution in [2.45, 2.75) is 12.5 Å². The van der Waals surface area contributed by atoms with Gasteiger partial charge < -0.3 is 0 Å². The molecule has 2 unspecified atom stereocenters. The van der Waals surface area contributed by atoms with E-state index >= 15 is 0 Å². The number of nitrogens with zero attached hydrogens (tertiary/aromatic N) is 2. The van der Waals surface area contributed by atoms with E-state index in [1.807, 2.05) is 10.0 Å². The van der Waals surface area contributed by atoms with Gasteiger partial charge in [0.15, 0.2) is 0 Å². The number of piperidine rings is 1. The highest BCUT2D eigenvalue weighted by molar-refractivity contribution is 4.93. The van der Waals surface area contributed by atoms with E-state index in [0.717, 1.165) is 25.6 Å². The first kappa shape index (κ1) is 7.45. The molecule has 0 radical (unpaired) electrons. The number of nitrogens with one attached hydrogen (secondary N) is 1. The first-order valence-electron chi connectivity index (χ1n) is 4.04. The number of hydrazine groups is 3. The SMILES string of the molecule is NNN1CC2CCN(N)CC21. The highest BCUT2D eigenvalue weighted by atomic mass is 15.7. The lowest BCUT2D eigenvalue weighted by atomic mass is 9.84. The van der Waals surface area contributed by atoms with Crippen LogP contribution in [0, 0.1) is 5.92 Å². The van der Waals surface area contributed by atoms with E-state index in [4.69, 9.17) is 11.7 Å². The van der Waals surface area contributed by atoms with Crippen molar-refractivity contribution in [3.05, 3.63) is 0 Å². The molecule has 2 fully saturated rings. The Hall–Kier alpha value is -0.200. The van der Waals surface area contributed by atoms with Gasteiger partial charge in [-0.15, -0.1) is 0 Å². The molecule has 0 amide bonds. The Balaban J connectivity index is 1.91. The van der Waals surface area contributed by atoms with E-state index in [-0.39, 0.29) is 0 Å². The molecule has 64 valence electrons. The molecule has 2 saturated heterocycles. The van der Waals surface area contributed by atoms with E-state index in [9.17, 15) is 0 Å². The zero-order chi connectivity index (χ0) is 7.84. The van der Waals surface area contributed by atoms with Gasteiger partial charge >= 0.3 is 0 Å². The molecule has 5 heteroatoms. The lowest BCUT2D eigenvalue weighted by molar-refractivity contribution is -0.0781. The highest BCUT2D eigenvalue weighted by Gasteiger charge is 2.41. The van der Waals surface area contributed by atoms with Crippen molar-refractivity contribution < 1.29 is 0 Å². The van der Waals surface area contributed by atoms with Gasteiger partial charge in [-0.1, -0.05) is 0 Å². The molecule has 0 bridgehead atoms. The molecule has 0 saturated carbocycles. The Bertz CT molecular complexity index is 143. The molecule has 2 rings (SSSR count). The number of fused-ring (bicyclic) bond motifs is 1. The van der Waals surface area contributed by atoms with Crippen LogP contribution in [0.4, 0.5) is 0 Å². The van der Waals surface area contributed by atoms with E-state index in [1.54, 1.807) is 0 Å². The Kier molecular flexibility index (Phi) is 1.82. The summed E-state index contributed by atoms with van der Waals surface area (Å²) in [6.07, 6.45) is 1.21. The maximum absolute atomic E-state index is 5.68. The third-order valence-corrected chi connectivity index (χ3v) is 2.75. The lowest BCUT2D eigenvalue weighted by Gasteiger charge is -2.51. The molecule has 2 heterocycles. The number of nitrogens with two attached hydrogens (primary N) is 2. The highest BCUT2D eigenvalue weighted by Crippen LogP contribution is 2.28. The van der Waals surface area contributed by atoms with Gasteiger partial charge in [0, 0.05) is 25.7 Å². The van der Waals surface area contributed by atoms with E-state index < -0.39 is 0 Å². The Morgan fingerprint density at radius 2 is 2.18 bits per heavy atom. The molecule has 2 atom stereocenters. The van der Waals surface area contributed by atoms with Gasteiger partial charge in [-0.25, -0.2) is 10.0 Å². The largest absolute Gasteiger partial charge is 0.269 e. The van der Waals surface area contributed by atoms with E-state index in [1.165, 1.54) is 6.42 Å². The van der Waals surface area contributed by atoms with Crippen molar-refractivity contribution >= 4 is 0 Å². The summed E-state index contributed by atoms with van der Waals surface area (Å²) in [6, 6.07) is 0.541. The smallest absolute Gasteiger partial charge is 0.0439 e. The number of rotatable bonds is 1. The second-order valence-electron chi connectivity index (χ2n) is 3.39. The van der Waals surface area contributed by atoms with Gasteiger partial charge in [-0.05, 0) is 12.3 Å². The first-order valence-corrected chi connectivity index (χ1v) is 4.04. The predicted octanol–water partition coefficient (Wildman–Crippen LogP) is -1.76. The van der Waals surface area contributed by atoms with Crippen molar-refractivity contribution in [1.82, 2.24) is 15.6 Å². The summed E-state index contributed by atoms with van der Waals surface area (Å²) in [4.78, 5) is 0. The molecule has 0 aromatic rings. The summed E-state index contributed by atoms with van der Waals surface area (Å²) in [5, 5.41) is 3.91. The van der Waals surface area contributed by atoms with Crippen LogP contribution in [0.5, 0.6) is 0 Å². The Morgan fingerprint density at radius 1 is 1.36 bits per heavy atom. The molecule has 0 aromatic heterocycles. The standard InChI is InChI=1S/C6H15N5/c7-9-11-3-5-1-2-10(8)4-6(5)11/h5-6,9H,1-4,7-8H2. The van der Waals surface area contributed by atoms with Gasteiger partial charge in [-0.3, -0.25) is 11.7 Å². The van der Waals surface area contributed by atoms with E-state index in [2.05, 4.69) is 5.53 Å². The first-order chi connectivity index (χ1) is 5.31. The van der Waals surface area contributed by atoms with Crippen LogP contribution >= 0.6 is 0 Å². The normalized spacial score (nSPS) is 39.8. The summed E-state index contributed by atoms with van der Waals surface area (Å²) in [6.45, 7) is 3.05. The molecule has 11 heavy (non-hydrogen) atoms. The lowest BCUT2D eigenvalue weighted by Crippen LogP contribution is -2.70. The fourth-order valence-electron chi connectivity index (χ4n) is 1.97. The maximum atomic E-state index is 5.68. The van der Waals surface area contributed by atoms with Crippen LogP contribution < -0.4 is 17.2 Å². The van der Waals surface area contributed by atoms with Gasteiger partial charge in [0.05, 0.1) is 0 Å². The molecule has 2 aliphatic rings. The quantitative estimate of drug-likeness (QED) is 0.311. The summed E-state index contributed by atoms with van der Waals surface area (Å²) >= 11 is 0. The molecule has 5 N–H and O–H groups in total. The fourth-order valence-corrected chi connectivity index (χ4v) is 1.97. The molecule has 5 nitrogen and oxygen atoms in total. The van der Waals surface area contributed by atoms with Crippen molar-refractivity contribution in [3.8, 4) is 0 Å². The van der Waals surface area contributed by atoms with Gasteiger partial charge in [-0.2, -0.15) is 5.53 Å².